The summed E-state index contributed by atoms with van der Waals surface area (Å²) in [5.41, 5.74) is 1.15. The average Bonchev–Trinajstić information content (AvgIpc) is 3.15. The fourth-order valence-electron chi connectivity index (χ4n) is 3.57. The van der Waals surface area contributed by atoms with Crippen molar-refractivity contribution in [1.29, 1.82) is 0 Å². The van der Waals surface area contributed by atoms with E-state index in [1.54, 1.807) is 0 Å². The summed E-state index contributed by atoms with van der Waals surface area (Å²) in [6, 6.07) is 10.2. The molecule has 7 nitrogen and oxygen atoms in total. The van der Waals surface area contributed by atoms with Crippen LogP contribution in [0.25, 0.3) is 0 Å². The van der Waals surface area contributed by atoms with Gasteiger partial charge >= 0.3 is 0 Å². The van der Waals surface area contributed by atoms with Crippen LogP contribution in [0.4, 0.5) is 5.95 Å². The van der Waals surface area contributed by atoms with Crippen LogP contribution in [0.1, 0.15) is 45.2 Å². The normalized spacial score (nSPS) is 15.4. The number of rotatable bonds is 10. The van der Waals surface area contributed by atoms with Gasteiger partial charge in [-0.25, -0.2) is 0 Å². The summed E-state index contributed by atoms with van der Waals surface area (Å²) in [5, 5.41) is 12.8. The zero-order valence-electron chi connectivity index (χ0n) is 18.2. The molecule has 0 aliphatic carbocycles. The fraction of sp³-hybridized carbons (Fsp3) is 0.591. The molecule has 1 aromatic heterocycles. The van der Waals surface area contributed by atoms with Crippen molar-refractivity contribution in [1.82, 2.24) is 20.1 Å². The van der Waals surface area contributed by atoms with Crippen molar-refractivity contribution in [2.24, 2.45) is 5.92 Å². The molecule has 2 heterocycles. The highest BCUT2D eigenvalue weighted by Gasteiger charge is 2.22. The van der Waals surface area contributed by atoms with Gasteiger partial charge in [-0.05, 0) is 17.9 Å². The molecule has 8 heteroatoms. The van der Waals surface area contributed by atoms with Gasteiger partial charge in [-0.2, -0.15) is 0 Å². The highest BCUT2D eigenvalue weighted by Crippen LogP contribution is 2.25. The first-order chi connectivity index (χ1) is 14.6. The highest BCUT2D eigenvalue weighted by atomic mass is 32.2. The maximum atomic E-state index is 12.7. The Kier molecular flexibility index (Phi) is 8.57. The molecule has 1 saturated heterocycles. The summed E-state index contributed by atoms with van der Waals surface area (Å²) >= 11 is 1.46. The number of ether oxygens (including phenoxy) is 1. The van der Waals surface area contributed by atoms with E-state index in [9.17, 15) is 4.79 Å². The third kappa shape index (κ3) is 6.22. The molecule has 1 N–H and O–H groups in total. The molecule has 3 rings (SSSR count). The number of thioether (sulfide) groups is 1. The molecule has 1 unspecified atom stereocenters. The largest absolute Gasteiger partial charge is 0.378 e. The molecule has 1 aromatic carbocycles. The van der Waals surface area contributed by atoms with Crippen molar-refractivity contribution in [3.8, 4) is 0 Å². The summed E-state index contributed by atoms with van der Waals surface area (Å²) in [6.07, 6.45) is 1.93. The second-order valence-electron chi connectivity index (χ2n) is 7.99. The van der Waals surface area contributed by atoms with Crippen LogP contribution in [-0.2, 0) is 16.1 Å². The van der Waals surface area contributed by atoms with Crippen molar-refractivity contribution in [3.63, 3.8) is 0 Å². The van der Waals surface area contributed by atoms with Crippen LogP contribution in [0.5, 0.6) is 0 Å². The predicted molar refractivity (Wildman–Crippen MR) is 121 cm³/mol. The summed E-state index contributed by atoms with van der Waals surface area (Å²) in [6.45, 7) is 10.4. The van der Waals surface area contributed by atoms with Gasteiger partial charge < -0.3 is 15.0 Å². The van der Waals surface area contributed by atoms with E-state index in [2.05, 4.69) is 57.9 Å². The summed E-state index contributed by atoms with van der Waals surface area (Å²) < 4.78 is 7.61. The van der Waals surface area contributed by atoms with E-state index in [0.717, 1.165) is 49.1 Å². The molecule has 164 valence electrons. The minimum absolute atomic E-state index is 0.0225. The van der Waals surface area contributed by atoms with Crippen LogP contribution in [0.15, 0.2) is 35.5 Å². The van der Waals surface area contributed by atoms with Crippen molar-refractivity contribution in [2.75, 3.05) is 37.0 Å². The average molecular weight is 432 g/mol. The van der Waals surface area contributed by atoms with Crippen LogP contribution < -0.4 is 10.2 Å². The number of carbonyl (C=O) groups is 1. The van der Waals surface area contributed by atoms with Crippen molar-refractivity contribution in [3.05, 3.63) is 35.9 Å². The van der Waals surface area contributed by atoms with E-state index in [1.165, 1.54) is 11.8 Å². The lowest BCUT2D eigenvalue weighted by atomic mass is 10.0. The monoisotopic (exact) mass is 431 g/mol. The van der Waals surface area contributed by atoms with E-state index >= 15 is 0 Å². The van der Waals surface area contributed by atoms with Gasteiger partial charge in [0.25, 0.3) is 0 Å². The van der Waals surface area contributed by atoms with E-state index in [1.807, 2.05) is 18.2 Å². The maximum absolute atomic E-state index is 12.7. The third-order valence-corrected chi connectivity index (χ3v) is 5.95. The number of hydrogen-bond acceptors (Lipinski definition) is 6. The topological polar surface area (TPSA) is 72.3 Å². The van der Waals surface area contributed by atoms with Gasteiger partial charge in [0, 0.05) is 19.6 Å². The van der Waals surface area contributed by atoms with Gasteiger partial charge in [0.05, 0.1) is 25.0 Å². The SMILES string of the molecule is CCCC(NC(=O)CSc1nnc(N2CCOCC2)n1CC(C)C)c1ccccc1. The Bertz CT molecular complexity index is 790. The number of nitrogens with zero attached hydrogens (tertiary/aromatic N) is 4. The number of aromatic nitrogens is 3. The van der Waals surface area contributed by atoms with Crippen LogP contribution in [0.2, 0.25) is 0 Å². The molecule has 1 fully saturated rings. The molecular formula is C22H33N5O2S. The number of nitrogens with one attached hydrogen (secondary N) is 1. The molecule has 0 radical (unpaired) electrons. The number of benzene rings is 1. The Morgan fingerprint density at radius 2 is 1.93 bits per heavy atom. The van der Waals surface area contributed by atoms with Crippen LogP contribution in [0, 0.1) is 5.92 Å². The van der Waals surface area contributed by atoms with Gasteiger partial charge in [-0.15, -0.1) is 10.2 Å². The molecule has 1 amide bonds. The Balaban J connectivity index is 1.65. The molecule has 1 aliphatic rings. The standard InChI is InChI=1S/C22H33N5O2S/c1-4-8-19(18-9-6-5-7-10-18)23-20(28)16-30-22-25-24-21(27(22)15-17(2)3)26-11-13-29-14-12-26/h5-7,9-10,17,19H,4,8,11-16H2,1-3H3,(H,23,28). The zero-order valence-corrected chi connectivity index (χ0v) is 19.0. The van der Waals surface area contributed by atoms with Gasteiger partial charge in [0.15, 0.2) is 5.16 Å². The number of hydrogen-bond donors (Lipinski definition) is 1. The molecular weight excluding hydrogens is 398 g/mol. The second-order valence-corrected chi connectivity index (χ2v) is 8.94. The lowest BCUT2D eigenvalue weighted by Gasteiger charge is -2.28. The van der Waals surface area contributed by atoms with Gasteiger partial charge in [0.2, 0.25) is 11.9 Å². The van der Waals surface area contributed by atoms with E-state index < -0.39 is 0 Å². The molecule has 2 aromatic rings. The number of anilines is 1. The summed E-state index contributed by atoms with van der Waals surface area (Å²) in [5.74, 6) is 1.69. The lowest BCUT2D eigenvalue weighted by Crippen LogP contribution is -2.38. The number of morpholine rings is 1. The number of amides is 1. The lowest BCUT2D eigenvalue weighted by molar-refractivity contribution is -0.119. The van der Waals surface area contributed by atoms with Crippen LogP contribution >= 0.6 is 11.8 Å². The van der Waals surface area contributed by atoms with Crippen molar-refractivity contribution in [2.45, 2.75) is 51.4 Å². The van der Waals surface area contributed by atoms with Gasteiger partial charge in [-0.1, -0.05) is 69.3 Å². The zero-order chi connectivity index (χ0) is 21.3. The van der Waals surface area contributed by atoms with Gasteiger partial charge in [-0.3, -0.25) is 9.36 Å². The molecule has 0 bridgehead atoms. The molecule has 30 heavy (non-hydrogen) atoms. The molecule has 1 atom stereocenters. The quantitative estimate of drug-likeness (QED) is 0.581. The van der Waals surface area contributed by atoms with E-state index in [0.29, 0.717) is 24.9 Å². The minimum Gasteiger partial charge on any atom is -0.378 e. The Morgan fingerprint density at radius 1 is 1.20 bits per heavy atom. The minimum atomic E-state index is 0.0225. The van der Waals surface area contributed by atoms with Crippen LogP contribution in [-0.4, -0.2) is 52.7 Å². The first-order valence-corrected chi connectivity index (χ1v) is 11.8. The Hall–Kier alpha value is -2.06. The van der Waals surface area contributed by atoms with Gasteiger partial charge in [0.1, 0.15) is 0 Å². The molecule has 0 saturated carbocycles. The van der Waals surface area contributed by atoms with Crippen LogP contribution in [0.3, 0.4) is 0 Å². The molecule has 1 aliphatic heterocycles. The second kappa shape index (κ2) is 11.4. The van der Waals surface area contributed by atoms with E-state index in [4.69, 9.17) is 4.74 Å². The Morgan fingerprint density at radius 3 is 2.60 bits per heavy atom. The predicted octanol–water partition coefficient (Wildman–Crippen LogP) is 3.52. The van der Waals surface area contributed by atoms with Crippen molar-refractivity contribution < 1.29 is 9.53 Å². The Labute approximate surface area is 183 Å². The number of carbonyl (C=O) groups excluding carboxylic acids is 1. The summed E-state index contributed by atoms with van der Waals surface area (Å²) in [4.78, 5) is 14.9. The smallest absolute Gasteiger partial charge is 0.230 e. The molecule has 0 spiro atoms. The summed E-state index contributed by atoms with van der Waals surface area (Å²) in [7, 11) is 0. The van der Waals surface area contributed by atoms with Crippen molar-refractivity contribution >= 4 is 23.6 Å². The highest BCUT2D eigenvalue weighted by molar-refractivity contribution is 7.99. The van der Waals surface area contributed by atoms with E-state index in [-0.39, 0.29) is 11.9 Å². The fourth-order valence-corrected chi connectivity index (χ4v) is 4.33. The first kappa shape index (κ1) is 22.6. The first-order valence-electron chi connectivity index (χ1n) is 10.8. The maximum Gasteiger partial charge on any atom is 0.230 e. The third-order valence-electron chi connectivity index (χ3n) is 4.99.